The van der Waals surface area contributed by atoms with Crippen LogP contribution in [0.15, 0.2) is 58.5 Å². The molecule has 4 aliphatic heterocycles. The highest BCUT2D eigenvalue weighted by molar-refractivity contribution is 8.14. The highest BCUT2D eigenvalue weighted by Gasteiger charge is 2.51. The second kappa shape index (κ2) is 17.3. The topological polar surface area (TPSA) is 140 Å². The average Bonchev–Trinajstić information content (AvgIpc) is 3.09. The molecular formula is C39H52F2N4O7S2. The van der Waals surface area contributed by atoms with Gasteiger partial charge in [-0.15, -0.1) is 0 Å². The summed E-state index contributed by atoms with van der Waals surface area (Å²) in [6.45, 7) is 13.6. The van der Waals surface area contributed by atoms with Crippen molar-refractivity contribution in [2.45, 2.75) is 102 Å². The average molecular weight is 791 g/mol. The van der Waals surface area contributed by atoms with Crippen molar-refractivity contribution in [1.29, 1.82) is 0 Å². The van der Waals surface area contributed by atoms with Gasteiger partial charge in [-0.1, -0.05) is 66.8 Å². The van der Waals surface area contributed by atoms with Crippen LogP contribution in [-0.2, 0) is 30.0 Å². The molecule has 0 radical (unpaired) electrons. The molecule has 296 valence electrons. The van der Waals surface area contributed by atoms with Gasteiger partial charge in [-0.2, -0.15) is 0 Å². The molecule has 15 heteroatoms. The molecule has 11 nitrogen and oxygen atoms in total. The van der Waals surface area contributed by atoms with Crippen LogP contribution in [0.1, 0.15) is 78.9 Å². The van der Waals surface area contributed by atoms with Crippen LogP contribution in [0.5, 0.6) is 0 Å². The predicted molar refractivity (Wildman–Crippen MR) is 208 cm³/mol. The Balaban J connectivity index is 0.000000208. The molecule has 3 N–H and O–H groups in total. The first-order valence-corrected chi connectivity index (χ1v) is 20.2. The van der Waals surface area contributed by atoms with E-state index in [0.29, 0.717) is 59.0 Å². The molecule has 4 aliphatic rings. The summed E-state index contributed by atoms with van der Waals surface area (Å²) in [5.41, 5.74) is -1.83. The van der Waals surface area contributed by atoms with E-state index in [-0.39, 0.29) is 36.2 Å². The van der Waals surface area contributed by atoms with E-state index in [1.807, 2.05) is 26.8 Å². The molecule has 2 aromatic rings. The molecule has 54 heavy (non-hydrogen) atoms. The summed E-state index contributed by atoms with van der Waals surface area (Å²) in [6, 6.07) is 13.3. The molecule has 2 fully saturated rings. The third kappa shape index (κ3) is 10.1. The van der Waals surface area contributed by atoms with Gasteiger partial charge in [-0.05, 0) is 60.1 Å². The zero-order valence-electron chi connectivity index (χ0n) is 31.9. The van der Waals surface area contributed by atoms with E-state index in [1.165, 1.54) is 35.7 Å². The Kier molecular flexibility index (Phi) is 13.4. The number of nitrogens with one attached hydrogen (secondary N) is 2. The lowest BCUT2D eigenvalue weighted by molar-refractivity contribution is -0.0744. The Bertz CT molecular complexity index is 1590. The Labute approximate surface area is 324 Å². The monoisotopic (exact) mass is 790 g/mol. The number of halogens is 2. The van der Waals surface area contributed by atoms with Crippen LogP contribution in [-0.4, -0.2) is 82.4 Å². The van der Waals surface area contributed by atoms with Crippen molar-refractivity contribution in [3.8, 4) is 0 Å². The molecule has 2 amide bonds. The van der Waals surface area contributed by atoms with Gasteiger partial charge in [0, 0.05) is 47.3 Å². The first-order chi connectivity index (χ1) is 25.5. The van der Waals surface area contributed by atoms with Gasteiger partial charge in [0.1, 0.15) is 22.8 Å². The van der Waals surface area contributed by atoms with E-state index in [9.17, 15) is 23.5 Å². The Morgan fingerprint density at radius 3 is 1.57 bits per heavy atom. The van der Waals surface area contributed by atoms with E-state index >= 15 is 0 Å². The smallest absolute Gasteiger partial charge is 0.413 e. The van der Waals surface area contributed by atoms with Crippen LogP contribution in [0.25, 0.3) is 0 Å². The van der Waals surface area contributed by atoms with Gasteiger partial charge in [-0.3, -0.25) is 20.6 Å². The fraction of sp³-hybridized carbons (Fsp3) is 0.590. The number of hydrogen-bond acceptors (Lipinski definition) is 11. The summed E-state index contributed by atoms with van der Waals surface area (Å²) in [7, 11) is 0. The summed E-state index contributed by atoms with van der Waals surface area (Å²) in [5.74, 6) is 0.665. The Morgan fingerprint density at radius 1 is 0.778 bits per heavy atom. The van der Waals surface area contributed by atoms with Crippen molar-refractivity contribution in [3.63, 3.8) is 0 Å². The maximum absolute atomic E-state index is 14.8. The van der Waals surface area contributed by atoms with E-state index in [4.69, 9.17) is 28.9 Å². The molecule has 0 saturated carbocycles. The summed E-state index contributed by atoms with van der Waals surface area (Å²) in [6.07, 6.45) is 0.202. The van der Waals surface area contributed by atoms with Crippen LogP contribution >= 0.6 is 23.5 Å². The summed E-state index contributed by atoms with van der Waals surface area (Å²) in [4.78, 5) is 34.0. The number of ether oxygens (including phenoxy) is 4. The van der Waals surface area contributed by atoms with Crippen molar-refractivity contribution in [2.75, 3.05) is 31.3 Å². The summed E-state index contributed by atoms with van der Waals surface area (Å²) >= 11 is 2.83. The normalized spacial score (nSPS) is 28.1. The zero-order valence-corrected chi connectivity index (χ0v) is 33.6. The number of carbonyl (C=O) groups excluding carboxylic acids is 2. The minimum atomic E-state index is -0.896. The number of benzene rings is 2. The number of aliphatic hydroxyl groups excluding tert-OH is 1. The quantitative estimate of drug-likeness (QED) is 0.287. The standard InChI is InChI=1S/C20H27FN2O3S.C19H25FN2O4S/c1-5-14-10-20(15-8-6-7-9-16(15)21)13(11-25-14)12-27-17(23-20)22-18(24)26-19(2,3)4;1-18(2,3)26-17(24)21-16-22-19(14-6-4-5-7-15(14)20)8-13(9-23)25-10-12(19)11-27-16/h6-9,13-14H,5,10-12H2,1-4H3,(H,22,23,24);4-7,12-13,23H,8-11H2,1-3H3,(H,21,22,24)/t13-,14-,20-;12-,13+,19-/m00/s1. The number of fused-ring (bicyclic) bond motifs is 2. The van der Waals surface area contributed by atoms with Crippen LogP contribution < -0.4 is 10.6 Å². The zero-order chi connectivity index (χ0) is 39.3. The Hall–Kier alpha value is -3.24. The van der Waals surface area contributed by atoms with Gasteiger partial charge in [0.05, 0.1) is 43.1 Å². The first-order valence-electron chi connectivity index (χ1n) is 18.3. The van der Waals surface area contributed by atoms with E-state index in [0.717, 1.165) is 6.42 Å². The number of aliphatic imine (C=N–C) groups is 2. The van der Waals surface area contributed by atoms with E-state index in [2.05, 4.69) is 17.6 Å². The van der Waals surface area contributed by atoms with Crippen LogP contribution in [0.3, 0.4) is 0 Å². The number of amides is 2. The van der Waals surface area contributed by atoms with E-state index in [1.54, 1.807) is 51.1 Å². The maximum atomic E-state index is 14.8. The molecule has 6 rings (SSSR count). The van der Waals surface area contributed by atoms with Crippen LogP contribution in [0.4, 0.5) is 18.4 Å². The summed E-state index contributed by atoms with van der Waals surface area (Å²) in [5, 5.41) is 15.9. The minimum Gasteiger partial charge on any atom is -0.444 e. The number of aliphatic hydroxyl groups is 1. The van der Waals surface area contributed by atoms with Gasteiger partial charge >= 0.3 is 12.2 Å². The molecule has 2 saturated heterocycles. The second-order valence-electron chi connectivity index (χ2n) is 15.8. The number of alkyl carbamates (subject to hydrolysis) is 2. The SMILES string of the molecule is CC(C)(C)OC(=O)NC1=N[C@@]2(c3ccccc3F)C[C@H](CO)OC[C@H]2CS1.CC[C@H]1C[C@]2(c3ccccc3F)N=C(NC(=O)OC(C)(C)C)SC[C@@H]2CO1. The number of thioether (sulfide) groups is 2. The molecule has 0 aromatic heterocycles. The van der Waals surface area contributed by atoms with Gasteiger partial charge in [0.2, 0.25) is 0 Å². The van der Waals surface area contributed by atoms with Crippen molar-refractivity contribution >= 4 is 46.0 Å². The third-order valence-electron chi connectivity index (χ3n) is 9.49. The molecule has 4 heterocycles. The summed E-state index contributed by atoms with van der Waals surface area (Å²) < 4.78 is 51.7. The first kappa shape index (κ1) is 41.9. The number of amidine groups is 2. The molecule has 0 bridgehead atoms. The highest BCUT2D eigenvalue weighted by atomic mass is 32.2. The van der Waals surface area contributed by atoms with Crippen LogP contribution in [0, 0.1) is 23.5 Å². The molecule has 0 spiro atoms. The molecule has 6 atom stereocenters. The van der Waals surface area contributed by atoms with Gasteiger partial charge in [0.15, 0.2) is 10.3 Å². The van der Waals surface area contributed by atoms with Crippen molar-refractivity contribution in [2.24, 2.45) is 21.8 Å². The highest BCUT2D eigenvalue weighted by Crippen LogP contribution is 2.49. The number of hydrogen-bond donors (Lipinski definition) is 3. The fourth-order valence-electron chi connectivity index (χ4n) is 7.05. The maximum Gasteiger partial charge on any atom is 0.413 e. The lowest BCUT2D eigenvalue weighted by atomic mass is 9.73. The number of carbonyl (C=O) groups is 2. The predicted octanol–water partition coefficient (Wildman–Crippen LogP) is 7.51. The molecule has 2 aromatic carbocycles. The van der Waals surface area contributed by atoms with Gasteiger partial charge in [0.25, 0.3) is 0 Å². The number of nitrogens with zero attached hydrogens (tertiary/aromatic N) is 2. The van der Waals surface area contributed by atoms with E-state index < -0.39 is 40.6 Å². The van der Waals surface area contributed by atoms with Crippen molar-refractivity contribution in [3.05, 3.63) is 71.3 Å². The molecule has 0 aliphatic carbocycles. The second-order valence-corrected chi connectivity index (χ2v) is 17.8. The lowest BCUT2D eigenvalue weighted by Gasteiger charge is -2.46. The van der Waals surface area contributed by atoms with Gasteiger partial charge in [-0.25, -0.2) is 18.4 Å². The van der Waals surface area contributed by atoms with Crippen LogP contribution in [0.2, 0.25) is 0 Å². The number of rotatable bonds is 4. The molecule has 0 unspecified atom stereocenters. The Morgan fingerprint density at radius 2 is 1.19 bits per heavy atom. The fourth-order valence-corrected chi connectivity index (χ4v) is 9.28. The van der Waals surface area contributed by atoms with Crippen molar-refractivity contribution < 1.29 is 42.4 Å². The van der Waals surface area contributed by atoms with Crippen molar-refractivity contribution in [1.82, 2.24) is 10.6 Å². The molecular weight excluding hydrogens is 739 g/mol. The lowest BCUT2D eigenvalue weighted by Crippen LogP contribution is -2.51. The van der Waals surface area contributed by atoms with Gasteiger partial charge < -0.3 is 24.1 Å². The minimum absolute atomic E-state index is 0.00971. The third-order valence-corrected chi connectivity index (χ3v) is 11.6. The largest absolute Gasteiger partial charge is 0.444 e.